The van der Waals surface area contributed by atoms with Crippen LogP contribution in [0.4, 0.5) is 0 Å². The summed E-state index contributed by atoms with van der Waals surface area (Å²) in [5, 5.41) is 3.74. The van der Waals surface area contributed by atoms with Crippen LogP contribution in [0.1, 0.15) is 22.3 Å². The van der Waals surface area contributed by atoms with Gasteiger partial charge >= 0.3 is 0 Å². The van der Waals surface area contributed by atoms with E-state index in [0.717, 1.165) is 28.0 Å². The molecule has 0 saturated heterocycles. The highest BCUT2D eigenvalue weighted by Gasteiger charge is 2.46. The Kier molecular flexibility index (Phi) is 6.07. The number of hydrogen-bond donors (Lipinski definition) is 0. The predicted octanol–water partition coefficient (Wildman–Crippen LogP) is 12.6. The number of aromatic nitrogens is 2. The molecule has 1 aliphatic carbocycles. The Morgan fingerprint density at radius 3 is 1.94 bits per heavy atom. The third kappa shape index (κ3) is 3.95. The fourth-order valence-electron chi connectivity index (χ4n) is 8.78. The molecule has 11 rings (SSSR count). The number of pyridine rings is 1. The van der Waals surface area contributed by atoms with Crippen molar-refractivity contribution in [2.75, 3.05) is 0 Å². The Balaban J connectivity index is 1.28. The predicted molar refractivity (Wildman–Crippen MR) is 214 cm³/mol. The van der Waals surface area contributed by atoms with Gasteiger partial charge < -0.3 is 4.57 Å². The zero-order valence-corrected chi connectivity index (χ0v) is 28.4. The molecule has 51 heavy (non-hydrogen) atoms. The van der Waals surface area contributed by atoms with E-state index in [1.54, 1.807) is 0 Å². The average molecular weight is 667 g/mol. The summed E-state index contributed by atoms with van der Waals surface area (Å²) in [5.74, 6) is 0. The normalized spacial score (nSPS) is 13.3. The molecule has 0 radical (unpaired) electrons. The highest BCUT2D eigenvalue weighted by Crippen LogP contribution is 2.56. The van der Waals surface area contributed by atoms with E-state index in [9.17, 15) is 0 Å². The summed E-state index contributed by atoms with van der Waals surface area (Å²) in [5.41, 5.74) is 13.8. The third-order valence-corrected chi connectivity index (χ3v) is 12.0. The fourth-order valence-corrected chi connectivity index (χ4v) is 9.89. The lowest BCUT2D eigenvalue weighted by Gasteiger charge is -2.34. The average Bonchev–Trinajstić information content (AvgIpc) is 3.84. The van der Waals surface area contributed by atoms with Crippen LogP contribution in [0.3, 0.4) is 0 Å². The Hall–Kier alpha value is -6.29. The summed E-state index contributed by atoms with van der Waals surface area (Å²) in [6.07, 6.45) is 0. The number of nitrogens with zero attached hydrogens (tertiary/aromatic N) is 2. The SMILES string of the molecule is c1ccc(-c2ccc3c(n2)c2ccc4sc5ccccc5c4c2n3-c2ccc3c(c2)C(c2ccccc2)(c2ccccc2)c2ccccc2-3)cc1. The minimum absolute atomic E-state index is 0.480. The van der Waals surface area contributed by atoms with Gasteiger partial charge in [0.15, 0.2) is 0 Å². The van der Waals surface area contributed by atoms with Crippen molar-refractivity contribution in [1.82, 2.24) is 9.55 Å². The van der Waals surface area contributed by atoms with Crippen LogP contribution in [0.15, 0.2) is 182 Å². The largest absolute Gasteiger partial charge is 0.307 e. The Bertz CT molecular complexity index is 2920. The summed E-state index contributed by atoms with van der Waals surface area (Å²) < 4.78 is 5.07. The zero-order valence-electron chi connectivity index (χ0n) is 27.6. The molecule has 7 aromatic carbocycles. The Labute approximate surface area is 299 Å². The molecule has 3 heteroatoms. The van der Waals surface area contributed by atoms with Crippen LogP contribution in [0, 0.1) is 0 Å². The van der Waals surface area contributed by atoms with Crippen molar-refractivity contribution >= 4 is 53.4 Å². The number of thiophene rings is 1. The van der Waals surface area contributed by atoms with Gasteiger partial charge in [0.25, 0.3) is 0 Å². The molecule has 0 amide bonds. The van der Waals surface area contributed by atoms with Gasteiger partial charge in [-0.3, -0.25) is 0 Å². The van der Waals surface area contributed by atoms with Gasteiger partial charge in [-0.15, -0.1) is 11.3 Å². The summed E-state index contributed by atoms with van der Waals surface area (Å²) in [7, 11) is 0. The van der Waals surface area contributed by atoms with Gasteiger partial charge in [0.1, 0.15) is 0 Å². The van der Waals surface area contributed by atoms with Crippen LogP contribution in [-0.2, 0) is 5.41 Å². The van der Waals surface area contributed by atoms with Crippen molar-refractivity contribution in [3.05, 3.63) is 204 Å². The van der Waals surface area contributed by atoms with Gasteiger partial charge in [-0.2, -0.15) is 0 Å². The number of hydrogen-bond acceptors (Lipinski definition) is 2. The van der Waals surface area contributed by atoms with Gasteiger partial charge in [0, 0.05) is 36.8 Å². The molecule has 0 spiro atoms. The molecule has 0 bridgehead atoms. The smallest absolute Gasteiger partial charge is 0.0971 e. The lowest BCUT2D eigenvalue weighted by molar-refractivity contribution is 0.767. The number of fused-ring (bicyclic) bond motifs is 10. The maximum atomic E-state index is 5.40. The van der Waals surface area contributed by atoms with Crippen molar-refractivity contribution in [1.29, 1.82) is 0 Å². The molecule has 0 aliphatic heterocycles. The molecule has 2 nitrogen and oxygen atoms in total. The minimum Gasteiger partial charge on any atom is -0.307 e. The van der Waals surface area contributed by atoms with Crippen molar-refractivity contribution in [3.8, 4) is 28.1 Å². The van der Waals surface area contributed by atoms with Crippen molar-refractivity contribution in [3.63, 3.8) is 0 Å². The van der Waals surface area contributed by atoms with Gasteiger partial charge in [0.2, 0.25) is 0 Å². The van der Waals surface area contributed by atoms with Gasteiger partial charge in [-0.25, -0.2) is 4.98 Å². The molecular formula is C48H30N2S. The van der Waals surface area contributed by atoms with Gasteiger partial charge in [0.05, 0.1) is 27.7 Å². The second-order valence-corrected chi connectivity index (χ2v) is 14.5. The van der Waals surface area contributed by atoms with Crippen molar-refractivity contribution in [2.24, 2.45) is 0 Å². The van der Waals surface area contributed by atoms with Gasteiger partial charge in [-0.05, 0) is 75.8 Å². The third-order valence-electron chi connectivity index (χ3n) is 10.9. The van der Waals surface area contributed by atoms with E-state index in [2.05, 4.69) is 187 Å². The maximum absolute atomic E-state index is 5.40. The molecule has 0 fully saturated rings. The highest BCUT2D eigenvalue weighted by atomic mass is 32.1. The first kappa shape index (κ1) is 28.5. The molecule has 10 aromatic rings. The minimum atomic E-state index is -0.480. The molecule has 0 N–H and O–H groups in total. The standard InChI is InChI=1S/C48H30N2S/c1-4-14-31(15-5-1)41-27-28-42-46(49-41)38-26-29-44-45(37-21-11-13-23-43(37)51-44)47(38)50(42)34-24-25-36-35-20-10-12-22-39(35)48(40(36)30-34,32-16-6-2-7-17-32)33-18-8-3-9-19-33/h1-30H. The summed E-state index contributed by atoms with van der Waals surface area (Å²) in [4.78, 5) is 5.40. The van der Waals surface area contributed by atoms with Crippen LogP contribution in [-0.4, -0.2) is 9.55 Å². The van der Waals surface area contributed by atoms with E-state index in [1.807, 2.05) is 11.3 Å². The van der Waals surface area contributed by atoms with E-state index in [1.165, 1.54) is 64.5 Å². The molecule has 0 unspecified atom stereocenters. The maximum Gasteiger partial charge on any atom is 0.0971 e. The zero-order chi connectivity index (χ0) is 33.5. The summed E-state index contributed by atoms with van der Waals surface area (Å²) in [6.45, 7) is 0. The number of benzene rings is 7. The first-order valence-corrected chi connectivity index (χ1v) is 18.3. The second-order valence-electron chi connectivity index (χ2n) is 13.5. The number of rotatable bonds is 4. The quantitative estimate of drug-likeness (QED) is 0.183. The first-order chi connectivity index (χ1) is 25.3. The lowest BCUT2D eigenvalue weighted by atomic mass is 9.67. The van der Waals surface area contributed by atoms with Crippen LogP contribution >= 0.6 is 11.3 Å². The Morgan fingerprint density at radius 2 is 1.16 bits per heavy atom. The van der Waals surface area contributed by atoms with Crippen LogP contribution < -0.4 is 0 Å². The highest BCUT2D eigenvalue weighted by molar-refractivity contribution is 7.26. The van der Waals surface area contributed by atoms with E-state index < -0.39 is 5.41 Å². The van der Waals surface area contributed by atoms with Crippen LogP contribution in [0.25, 0.3) is 70.2 Å². The Morgan fingerprint density at radius 1 is 0.490 bits per heavy atom. The van der Waals surface area contributed by atoms with Crippen molar-refractivity contribution in [2.45, 2.75) is 5.41 Å². The van der Waals surface area contributed by atoms with Crippen LogP contribution in [0.2, 0.25) is 0 Å². The lowest BCUT2D eigenvalue weighted by Crippen LogP contribution is -2.28. The molecule has 3 heterocycles. The van der Waals surface area contributed by atoms with E-state index in [-0.39, 0.29) is 0 Å². The summed E-state index contributed by atoms with van der Waals surface area (Å²) in [6, 6.07) is 66.6. The monoisotopic (exact) mass is 666 g/mol. The first-order valence-electron chi connectivity index (χ1n) is 17.5. The molecule has 0 saturated carbocycles. The van der Waals surface area contributed by atoms with Gasteiger partial charge in [-0.1, -0.05) is 140 Å². The molecular weight excluding hydrogens is 637 g/mol. The van der Waals surface area contributed by atoms with E-state index in [4.69, 9.17) is 4.98 Å². The fraction of sp³-hybridized carbons (Fsp3) is 0.0208. The van der Waals surface area contributed by atoms with Crippen LogP contribution in [0.5, 0.6) is 0 Å². The molecule has 1 aliphatic rings. The topological polar surface area (TPSA) is 17.8 Å². The molecule has 238 valence electrons. The van der Waals surface area contributed by atoms with Crippen molar-refractivity contribution < 1.29 is 0 Å². The molecule has 0 atom stereocenters. The molecule has 3 aromatic heterocycles. The second kappa shape index (κ2) is 10.9. The summed E-state index contributed by atoms with van der Waals surface area (Å²) >= 11 is 1.86. The van der Waals surface area contributed by atoms with E-state index >= 15 is 0 Å². The van der Waals surface area contributed by atoms with E-state index in [0.29, 0.717) is 0 Å².